The van der Waals surface area contributed by atoms with Crippen molar-refractivity contribution < 1.29 is 27.5 Å². The lowest BCUT2D eigenvalue weighted by atomic mass is 10.1. The number of hydrogen-bond acceptors (Lipinski definition) is 4. The van der Waals surface area contributed by atoms with Crippen LogP contribution >= 0.6 is 11.8 Å². The lowest BCUT2D eigenvalue weighted by molar-refractivity contribution is -0.138. The molecule has 0 aliphatic carbocycles. The van der Waals surface area contributed by atoms with Gasteiger partial charge >= 0.3 is 12.1 Å². The SMILES string of the molecule is N#Cc1c(C(F)(F)F)cc(=O)[nH]c1SCc1cc(F)cc(C(=O)O)c1. The predicted octanol–water partition coefficient (Wildman–Crippen LogP) is 3.39. The molecule has 0 bridgehead atoms. The largest absolute Gasteiger partial charge is 0.478 e. The van der Waals surface area contributed by atoms with Gasteiger partial charge in [0.2, 0.25) is 5.56 Å². The Labute approximate surface area is 141 Å². The average Bonchev–Trinajstić information content (AvgIpc) is 2.51. The minimum Gasteiger partial charge on any atom is -0.478 e. The van der Waals surface area contributed by atoms with E-state index in [2.05, 4.69) is 4.98 Å². The van der Waals surface area contributed by atoms with Gasteiger partial charge < -0.3 is 10.1 Å². The van der Waals surface area contributed by atoms with E-state index in [0.29, 0.717) is 11.8 Å². The molecule has 0 saturated heterocycles. The van der Waals surface area contributed by atoms with Gasteiger partial charge in [-0.25, -0.2) is 9.18 Å². The van der Waals surface area contributed by atoms with Crippen LogP contribution in [0.4, 0.5) is 17.6 Å². The monoisotopic (exact) mass is 372 g/mol. The summed E-state index contributed by atoms with van der Waals surface area (Å²) in [5.74, 6) is -2.34. The summed E-state index contributed by atoms with van der Waals surface area (Å²) in [6, 6.07) is 4.64. The Morgan fingerprint density at radius 3 is 2.52 bits per heavy atom. The van der Waals surface area contributed by atoms with E-state index in [0.717, 1.165) is 18.2 Å². The van der Waals surface area contributed by atoms with E-state index >= 15 is 0 Å². The highest BCUT2D eigenvalue weighted by Crippen LogP contribution is 2.35. The van der Waals surface area contributed by atoms with Gasteiger partial charge in [-0.15, -0.1) is 11.8 Å². The van der Waals surface area contributed by atoms with Crippen LogP contribution in [0.5, 0.6) is 0 Å². The van der Waals surface area contributed by atoms with E-state index < -0.39 is 34.6 Å². The van der Waals surface area contributed by atoms with E-state index in [1.54, 1.807) is 0 Å². The van der Waals surface area contributed by atoms with E-state index in [1.165, 1.54) is 6.07 Å². The Morgan fingerprint density at radius 1 is 1.28 bits per heavy atom. The fraction of sp³-hybridized carbons (Fsp3) is 0.133. The maximum absolute atomic E-state index is 13.4. The number of nitriles is 1. The number of rotatable bonds is 4. The molecule has 2 rings (SSSR count). The quantitative estimate of drug-likeness (QED) is 0.634. The van der Waals surface area contributed by atoms with Crippen molar-refractivity contribution in [2.75, 3.05) is 0 Å². The Kier molecular flexibility index (Phi) is 5.18. The van der Waals surface area contributed by atoms with Gasteiger partial charge in [0.1, 0.15) is 11.9 Å². The highest BCUT2D eigenvalue weighted by molar-refractivity contribution is 7.98. The van der Waals surface area contributed by atoms with Crippen LogP contribution in [0.1, 0.15) is 27.0 Å². The summed E-state index contributed by atoms with van der Waals surface area (Å²) in [6.07, 6.45) is -4.88. The number of pyridine rings is 1. The summed E-state index contributed by atoms with van der Waals surface area (Å²) < 4.78 is 52.2. The van der Waals surface area contributed by atoms with Crippen LogP contribution in [0.15, 0.2) is 34.1 Å². The van der Waals surface area contributed by atoms with E-state index in [9.17, 15) is 27.2 Å². The standard InChI is InChI=1S/C15H8F4N2O3S/c16-9-2-7(1-8(3-9)14(23)24)6-25-13-10(5-20)11(15(17,18)19)4-12(22)21-13/h1-4H,6H2,(H,21,22)(H,23,24). The first-order valence-electron chi connectivity index (χ1n) is 6.52. The van der Waals surface area contributed by atoms with Crippen LogP contribution in [-0.2, 0) is 11.9 Å². The minimum atomic E-state index is -4.88. The first-order chi connectivity index (χ1) is 11.6. The third-order valence-electron chi connectivity index (χ3n) is 3.01. The molecule has 0 radical (unpaired) electrons. The van der Waals surface area contributed by atoms with Crippen molar-refractivity contribution in [3.05, 3.63) is 62.7 Å². The lowest BCUT2D eigenvalue weighted by Gasteiger charge is -2.11. The number of alkyl halides is 3. The maximum Gasteiger partial charge on any atom is 0.417 e. The van der Waals surface area contributed by atoms with Crippen LogP contribution in [0.3, 0.4) is 0 Å². The zero-order chi connectivity index (χ0) is 18.8. The summed E-state index contributed by atoms with van der Waals surface area (Å²) in [5.41, 5.74) is -3.32. The molecule has 0 atom stereocenters. The highest BCUT2D eigenvalue weighted by atomic mass is 32.2. The molecule has 0 amide bonds. The second-order valence-electron chi connectivity index (χ2n) is 4.80. The van der Waals surface area contributed by atoms with Crippen molar-refractivity contribution in [3.63, 3.8) is 0 Å². The third kappa shape index (κ3) is 4.39. The Morgan fingerprint density at radius 2 is 1.96 bits per heavy atom. The van der Waals surface area contributed by atoms with Crippen molar-refractivity contribution in [3.8, 4) is 6.07 Å². The number of H-pyrrole nitrogens is 1. The number of aromatic amines is 1. The molecule has 130 valence electrons. The summed E-state index contributed by atoms with van der Waals surface area (Å²) in [5, 5.41) is 17.5. The molecular formula is C15H8F4N2O3S. The van der Waals surface area contributed by atoms with Gasteiger partial charge in [-0.05, 0) is 23.8 Å². The van der Waals surface area contributed by atoms with Crippen LogP contribution in [-0.4, -0.2) is 16.1 Å². The molecule has 0 spiro atoms. The molecule has 0 aliphatic heterocycles. The zero-order valence-corrected chi connectivity index (χ0v) is 13.0. The fourth-order valence-electron chi connectivity index (χ4n) is 1.99. The van der Waals surface area contributed by atoms with E-state index in [1.807, 2.05) is 0 Å². The number of aromatic carboxylic acids is 1. The van der Waals surface area contributed by atoms with Crippen molar-refractivity contribution >= 4 is 17.7 Å². The number of nitrogens with zero attached hydrogens (tertiary/aromatic N) is 1. The van der Waals surface area contributed by atoms with Gasteiger partial charge in [0.25, 0.3) is 0 Å². The number of carboxylic acids is 1. The molecule has 25 heavy (non-hydrogen) atoms. The van der Waals surface area contributed by atoms with Crippen LogP contribution in [0.2, 0.25) is 0 Å². The predicted molar refractivity (Wildman–Crippen MR) is 79.7 cm³/mol. The van der Waals surface area contributed by atoms with Gasteiger partial charge in [-0.2, -0.15) is 18.4 Å². The number of benzene rings is 1. The Balaban J connectivity index is 2.39. The van der Waals surface area contributed by atoms with Gasteiger partial charge in [0, 0.05) is 11.8 Å². The zero-order valence-electron chi connectivity index (χ0n) is 12.1. The molecule has 0 fully saturated rings. The van der Waals surface area contributed by atoms with Crippen LogP contribution in [0.25, 0.3) is 0 Å². The summed E-state index contributed by atoms with van der Waals surface area (Å²) in [6.45, 7) is 0. The minimum absolute atomic E-state index is 0.149. The molecule has 0 aliphatic rings. The fourth-order valence-corrected chi connectivity index (χ4v) is 2.94. The van der Waals surface area contributed by atoms with Crippen LogP contribution < -0.4 is 5.56 Å². The molecule has 1 aromatic carbocycles. The average molecular weight is 372 g/mol. The van der Waals surface area contributed by atoms with Gasteiger partial charge in [-0.3, -0.25) is 4.79 Å². The van der Waals surface area contributed by atoms with Gasteiger partial charge in [0.05, 0.1) is 21.7 Å². The Bertz CT molecular complexity index is 932. The van der Waals surface area contributed by atoms with Crippen molar-refractivity contribution in [2.45, 2.75) is 17.0 Å². The second kappa shape index (κ2) is 6.98. The van der Waals surface area contributed by atoms with Crippen molar-refractivity contribution in [1.29, 1.82) is 5.26 Å². The van der Waals surface area contributed by atoms with Crippen LogP contribution in [0, 0.1) is 17.1 Å². The van der Waals surface area contributed by atoms with Gasteiger partial charge in [0.15, 0.2) is 0 Å². The molecule has 10 heteroatoms. The summed E-state index contributed by atoms with van der Waals surface area (Å²) in [4.78, 5) is 24.4. The molecule has 2 aromatic rings. The number of halogens is 4. The highest BCUT2D eigenvalue weighted by Gasteiger charge is 2.35. The summed E-state index contributed by atoms with van der Waals surface area (Å²) >= 11 is 0.661. The molecule has 5 nitrogen and oxygen atoms in total. The maximum atomic E-state index is 13.4. The topological polar surface area (TPSA) is 94.0 Å². The smallest absolute Gasteiger partial charge is 0.417 e. The molecular weight excluding hydrogens is 364 g/mol. The first kappa shape index (κ1) is 18.5. The number of nitrogens with one attached hydrogen (secondary N) is 1. The van der Waals surface area contributed by atoms with E-state index in [4.69, 9.17) is 10.4 Å². The van der Waals surface area contributed by atoms with E-state index in [-0.39, 0.29) is 28.0 Å². The lowest BCUT2D eigenvalue weighted by Crippen LogP contribution is -2.17. The first-order valence-corrected chi connectivity index (χ1v) is 7.50. The Hall–Kier alpha value is -2.80. The summed E-state index contributed by atoms with van der Waals surface area (Å²) in [7, 11) is 0. The third-order valence-corrected chi connectivity index (χ3v) is 4.09. The molecule has 0 unspecified atom stereocenters. The molecule has 1 aromatic heterocycles. The van der Waals surface area contributed by atoms with Crippen molar-refractivity contribution in [2.24, 2.45) is 0 Å². The number of carboxylic acid groups (broad SMARTS) is 1. The molecule has 1 heterocycles. The molecule has 2 N–H and O–H groups in total. The number of hydrogen-bond donors (Lipinski definition) is 2. The normalized spacial score (nSPS) is 11.2. The second-order valence-corrected chi connectivity index (χ2v) is 5.79. The number of thioether (sulfide) groups is 1. The van der Waals surface area contributed by atoms with Crippen molar-refractivity contribution in [1.82, 2.24) is 4.98 Å². The number of aromatic nitrogens is 1. The number of carbonyl (C=O) groups is 1. The molecule has 0 saturated carbocycles. The van der Waals surface area contributed by atoms with Gasteiger partial charge in [-0.1, -0.05) is 0 Å².